The number of rotatable bonds is 4. The molecular weight excluding hydrogens is 248 g/mol. The average molecular weight is 278 g/mol. The quantitative estimate of drug-likeness (QED) is 0.902. The van der Waals surface area contributed by atoms with Crippen molar-refractivity contribution in [3.63, 3.8) is 0 Å². The van der Waals surface area contributed by atoms with E-state index in [1.54, 1.807) is 0 Å². The maximum atomic E-state index is 5.95. The standard InChI is InChI=1S/C17H30N2O/c1-12(2)18-11-13-9-14(16(3,4)5)19-15(10-13)20-17(6,7)8/h9-10,12,18H,11H2,1-8H3. The summed E-state index contributed by atoms with van der Waals surface area (Å²) in [6.45, 7) is 17.8. The number of nitrogens with one attached hydrogen (secondary N) is 1. The van der Waals surface area contributed by atoms with Gasteiger partial charge in [0.1, 0.15) is 5.60 Å². The van der Waals surface area contributed by atoms with Crippen LogP contribution in [0.2, 0.25) is 0 Å². The van der Waals surface area contributed by atoms with Crippen molar-refractivity contribution in [1.29, 1.82) is 0 Å². The molecule has 0 atom stereocenters. The minimum Gasteiger partial charge on any atom is -0.472 e. The number of aromatic nitrogens is 1. The topological polar surface area (TPSA) is 34.1 Å². The van der Waals surface area contributed by atoms with Crippen LogP contribution < -0.4 is 10.1 Å². The van der Waals surface area contributed by atoms with Crippen molar-refractivity contribution in [2.45, 2.75) is 79.0 Å². The third-order valence-corrected chi connectivity index (χ3v) is 2.76. The first kappa shape index (κ1) is 17.0. The fourth-order valence-corrected chi connectivity index (χ4v) is 1.73. The Balaban J connectivity index is 3.08. The predicted octanol–water partition coefficient (Wildman–Crippen LogP) is 4.05. The van der Waals surface area contributed by atoms with Gasteiger partial charge in [-0.25, -0.2) is 4.98 Å². The third kappa shape index (κ3) is 5.91. The first-order valence-electron chi connectivity index (χ1n) is 7.41. The molecule has 0 saturated heterocycles. The zero-order valence-corrected chi connectivity index (χ0v) is 14.3. The van der Waals surface area contributed by atoms with Gasteiger partial charge in [-0.3, -0.25) is 0 Å². The van der Waals surface area contributed by atoms with E-state index in [1.165, 1.54) is 5.56 Å². The zero-order valence-electron chi connectivity index (χ0n) is 14.3. The molecule has 3 heteroatoms. The summed E-state index contributed by atoms with van der Waals surface area (Å²) >= 11 is 0. The van der Waals surface area contributed by atoms with Crippen LogP contribution in [0.25, 0.3) is 0 Å². The van der Waals surface area contributed by atoms with Gasteiger partial charge in [0, 0.05) is 24.1 Å². The summed E-state index contributed by atoms with van der Waals surface area (Å²) in [5.41, 5.74) is 2.08. The molecule has 0 unspecified atom stereocenters. The summed E-state index contributed by atoms with van der Waals surface area (Å²) in [5.74, 6) is 0.713. The fourth-order valence-electron chi connectivity index (χ4n) is 1.73. The molecule has 0 aliphatic heterocycles. The first-order chi connectivity index (χ1) is 8.97. The van der Waals surface area contributed by atoms with E-state index < -0.39 is 0 Å². The highest BCUT2D eigenvalue weighted by molar-refractivity contribution is 5.29. The van der Waals surface area contributed by atoms with Crippen molar-refractivity contribution in [1.82, 2.24) is 10.3 Å². The van der Waals surface area contributed by atoms with E-state index in [4.69, 9.17) is 4.74 Å². The second-order valence-electron chi connectivity index (χ2n) is 7.70. The lowest BCUT2D eigenvalue weighted by molar-refractivity contribution is 0.123. The zero-order chi connectivity index (χ0) is 15.6. The summed E-state index contributed by atoms with van der Waals surface area (Å²) in [6, 6.07) is 4.68. The van der Waals surface area contributed by atoms with E-state index in [0.29, 0.717) is 11.9 Å². The van der Waals surface area contributed by atoms with E-state index in [2.05, 4.69) is 51.0 Å². The van der Waals surface area contributed by atoms with Gasteiger partial charge in [-0.15, -0.1) is 0 Å². The van der Waals surface area contributed by atoms with Crippen LogP contribution in [-0.4, -0.2) is 16.6 Å². The molecule has 3 nitrogen and oxygen atoms in total. The number of pyridine rings is 1. The Morgan fingerprint density at radius 1 is 1.10 bits per heavy atom. The van der Waals surface area contributed by atoms with Crippen LogP contribution in [0.15, 0.2) is 12.1 Å². The molecular formula is C17H30N2O. The van der Waals surface area contributed by atoms with Gasteiger partial charge in [0.05, 0.1) is 5.69 Å². The molecule has 1 aromatic rings. The Bertz CT molecular complexity index is 439. The lowest BCUT2D eigenvalue weighted by Gasteiger charge is -2.24. The van der Waals surface area contributed by atoms with Crippen molar-refractivity contribution >= 4 is 0 Å². The minimum atomic E-state index is -0.230. The van der Waals surface area contributed by atoms with Crippen LogP contribution in [-0.2, 0) is 12.0 Å². The van der Waals surface area contributed by atoms with Gasteiger partial charge in [-0.1, -0.05) is 34.6 Å². The van der Waals surface area contributed by atoms with Gasteiger partial charge < -0.3 is 10.1 Å². The summed E-state index contributed by atoms with van der Waals surface area (Å²) < 4.78 is 5.95. The Hall–Kier alpha value is -1.09. The number of ether oxygens (including phenoxy) is 1. The summed E-state index contributed by atoms with van der Waals surface area (Å²) in [5, 5.41) is 3.45. The lowest BCUT2D eigenvalue weighted by Crippen LogP contribution is -2.26. The molecule has 1 aromatic heterocycles. The highest BCUT2D eigenvalue weighted by Crippen LogP contribution is 2.26. The van der Waals surface area contributed by atoms with Crippen molar-refractivity contribution in [3.05, 3.63) is 23.4 Å². The summed E-state index contributed by atoms with van der Waals surface area (Å²) in [6.07, 6.45) is 0. The largest absolute Gasteiger partial charge is 0.472 e. The average Bonchev–Trinajstić information content (AvgIpc) is 2.22. The Labute approximate surface area is 124 Å². The molecule has 1 rings (SSSR count). The molecule has 1 N–H and O–H groups in total. The predicted molar refractivity (Wildman–Crippen MR) is 85.3 cm³/mol. The Morgan fingerprint density at radius 2 is 1.70 bits per heavy atom. The molecule has 0 aliphatic carbocycles. The van der Waals surface area contributed by atoms with Gasteiger partial charge in [-0.05, 0) is 32.4 Å². The third-order valence-electron chi connectivity index (χ3n) is 2.76. The van der Waals surface area contributed by atoms with E-state index in [9.17, 15) is 0 Å². The fraction of sp³-hybridized carbons (Fsp3) is 0.706. The smallest absolute Gasteiger partial charge is 0.214 e. The SMILES string of the molecule is CC(C)NCc1cc(OC(C)(C)C)nc(C(C)(C)C)c1. The molecule has 0 saturated carbocycles. The van der Waals surface area contributed by atoms with Crippen LogP contribution >= 0.6 is 0 Å². The minimum absolute atomic E-state index is 0.0177. The molecule has 1 heterocycles. The molecule has 0 bridgehead atoms. The maximum absolute atomic E-state index is 5.95. The Kier molecular flexibility index (Phi) is 5.20. The van der Waals surface area contributed by atoms with Gasteiger partial charge in [-0.2, -0.15) is 0 Å². The van der Waals surface area contributed by atoms with Crippen LogP contribution in [0, 0.1) is 0 Å². The molecule has 0 spiro atoms. The van der Waals surface area contributed by atoms with Crippen molar-refractivity contribution in [3.8, 4) is 5.88 Å². The van der Waals surface area contributed by atoms with E-state index in [0.717, 1.165) is 12.2 Å². The van der Waals surface area contributed by atoms with Crippen LogP contribution in [0.1, 0.15) is 66.6 Å². The van der Waals surface area contributed by atoms with Crippen LogP contribution in [0.3, 0.4) is 0 Å². The maximum Gasteiger partial charge on any atom is 0.214 e. The normalized spacial score (nSPS) is 12.8. The molecule has 20 heavy (non-hydrogen) atoms. The lowest BCUT2D eigenvalue weighted by atomic mass is 9.91. The van der Waals surface area contributed by atoms with Crippen LogP contribution in [0.4, 0.5) is 0 Å². The monoisotopic (exact) mass is 278 g/mol. The molecule has 114 valence electrons. The van der Waals surface area contributed by atoms with Crippen molar-refractivity contribution in [2.24, 2.45) is 0 Å². The highest BCUT2D eigenvalue weighted by Gasteiger charge is 2.20. The molecule has 0 fully saturated rings. The summed E-state index contributed by atoms with van der Waals surface area (Å²) in [7, 11) is 0. The second-order valence-corrected chi connectivity index (χ2v) is 7.70. The first-order valence-corrected chi connectivity index (χ1v) is 7.41. The number of hydrogen-bond acceptors (Lipinski definition) is 3. The van der Waals surface area contributed by atoms with Crippen molar-refractivity contribution < 1.29 is 4.74 Å². The van der Waals surface area contributed by atoms with Crippen molar-refractivity contribution in [2.75, 3.05) is 0 Å². The van der Waals surface area contributed by atoms with Crippen LogP contribution in [0.5, 0.6) is 5.88 Å². The summed E-state index contributed by atoms with van der Waals surface area (Å²) in [4.78, 5) is 4.67. The number of hydrogen-bond donors (Lipinski definition) is 1. The number of nitrogens with zero attached hydrogens (tertiary/aromatic N) is 1. The van der Waals surface area contributed by atoms with E-state index >= 15 is 0 Å². The molecule has 0 amide bonds. The molecule has 0 aliphatic rings. The molecule has 0 radical (unpaired) electrons. The van der Waals surface area contributed by atoms with Gasteiger partial charge >= 0.3 is 0 Å². The van der Waals surface area contributed by atoms with Gasteiger partial charge in [0.25, 0.3) is 0 Å². The highest BCUT2D eigenvalue weighted by atomic mass is 16.5. The Morgan fingerprint density at radius 3 is 2.15 bits per heavy atom. The van der Waals surface area contributed by atoms with E-state index in [-0.39, 0.29) is 11.0 Å². The van der Waals surface area contributed by atoms with Gasteiger partial charge in [0.15, 0.2) is 0 Å². The van der Waals surface area contributed by atoms with E-state index in [1.807, 2.05) is 26.8 Å². The second kappa shape index (κ2) is 6.13. The van der Waals surface area contributed by atoms with Gasteiger partial charge in [0.2, 0.25) is 5.88 Å². The molecule has 0 aromatic carbocycles.